The van der Waals surface area contributed by atoms with Crippen LogP contribution < -0.4 is 11.1 Å². The fourth-order valence-electron chi connectivity index (χ4n) is 3.19. The Bertz CT molecular complexity index is 384. The summed E-state index contributed by atoms with van der Waals surface area (Å²) in [6.45, 7) is 1.65. The summed E-state index contributed by atoms with van der Waals surface area (Å²) in [4.78, 5) is 13.8. The smallest absolute Gasteiger partial charge is 0.381 e. The minimum atomic E-state index is -4.16. The number of nitrogens with two attached hydrogens (primary N) is 1. The molecule has 1 atom stereocenters. The third-order valence-electron chi connectivity index (χ3n) is 4.65. The van der Waals surface area contributed by atoms with Crippen LogP contribution in [0, 0.1) is 11.3 Å². The molecule has 0 bridgehead atoms. The lowest BCUT2D eigenvalue weighted by molar-refractivity contribution is -0.144. The normalized spacial score (nSPS) is 26.1. The van der Waals surface area contributed by atoms with E-state index < -0.39 is 18.1 Å². The Morgan fingerprint density at radius 2 is 2.05 bits per heavy atom. The number of alkyl halides is 3. The molecule has 2 heterocycles. The highest BCUT2D eigenvalue weighted by molar-refractivity contribution is 5.83. The van der Waals surface area contributed by atoms with Crippen molar-refractivity contribution in [2.75, 3.05) is 45.9 Å². The Hall–Kier alpha value is -0.860. The molecule has 3 N–H and O–H groups in total. The number of hydrogen-bond donors (Lipinski definition) is 2. The molecule has 8 heteroatoms. The Morgan fingerprint density at radius 1 is 1.36 bits per heavy atom. The predicted molar refractivity (Wildman–Crippen MR) is 75.2 cm³/mol. The van der Waals surface area contributed by atoms with Crippen LogP contribution in [-0.4, -0.2) is 62.9 Å². The monoisotopic (exact) mass is 323 g/mol. The second-order valence-electron chi connectivity index (χ2n) is 6.31. The Balaban J connectivity index is 1.77. The van der Waals surface area contributed by atoms with Crippen molar-refractivity contribution >= 4 is 5.91 Å². The molecular formula is C14H24F3N3O2. The molecular weight excluding hydrogens is 299 g/mol. The van der Waals surface area contributed by atoms with Gasteiger partial charge in [-0.2, -0.15) is 13.2 Å². The number of nitrogens with zero attached hydrogens (tertiary/aromatic N) is 1. The maximum atomic E-state index is 12.4. The molecule has 0 saturated carbocycles. The number of carbonyl (C=O) groups excluding carboxylic acids is 1. The number of ether oxygens (including phenoxy) is 1. The summed E-state index contributed by atoms with van der Waals surface area (Å²) in [5.74, 6) is -0.0199. The fraction of sp³-hybridized carbons (Fsp3) is 0.929. The number of nitrogens with one attached hydrogen (secondary N) is 1. The van der Waals surface area contributed by atoms with Crippen LogP contribution in [0.3, 0.4) is 0 Å². The lowest BCUT2D eigenvalue weighted by atomic mass is 9.79. The van der Waals surface area contributed by atoms with Crippen LogP contribution in [0.25, 0.3) is 0 Å². The average Bonchev–Trinajstić information content (AvgIpc) is 2.90. The second kappa shape index (κ2) is 7.14. The van der Waals surface area contributed by atoms with Gasteiger partial charge in [0.15, 0.2) is 0 Å². The third-order valence-corrected chi connectivity index (χ3v) is 4.65. The van der Waals surface area contributed by atoms with Crippen molar-refractivity contribution < 1.29 is 22.7 Å². The molecule has 1 unspecified atom stereocenters. The maximum Gasteiger partial charge on any atom is 0.401 e. The molecule has 2 aliphatic heterocycles. The zero-order valence-electron chi connectivity index (χ0n) is 12.6. The van der Waals surface area contributed by atoms with E-state index in [-0.39, 0.29) is 18.4 Å². The quantitative estimate of drug-likeness (QED) is 0.783. The molecule has 0 aromatic rings. The zero-order valence-corrected chi connectivity index (χ0v) is 12.6. The largest absolute Gasteiger partial charge is 0.401 e. The van der Waals surface area contributed by atoms with Crippen LogP contribution in [0.5, 0.6) is 0 Å². The molecule has 2 aliphatic rings. The molecule has 0 radical (unpaired) electrons. The summed E-state index contributed by atoms with van der Waals surface area (Å²) in [5, 5.41) is 2.89. The number of amides is 1. The molecule has 22 heavy (non-hydrogen) atoms. The van der Waals surface area contributed by atoms with Gasteiger partial charge < -0.3 is 15.8 Å². The van der Waals surface area contributed by atoms with E-state index >= 15 is 0 Å². The van der Waals surface area contributed by atoms with Gasteiger partial charge in [-0.3, -0.25) is 9.69 Å². The summed E-state index contributed by atoms with van der Waals surface area (Å²) in [7, 11) is 0. The summed E-state index contributed by atoms with van der Waals surface area (Å²) >= 11 is 0. The molecule has 0 spiro atoms. The van der Waals surface area contributed by atoms with Crippen LogP contribution in [0.15, 0.2) is 0 Å². The summed E-state index contributed by atoms with van der Waals surface area (Å²) < 4.78 is 42.3. The Morgan fingerprint density at radius 3 is 2.64 bits per heavy atom. The van der Waals surface area contributed by atoms with Crippen LogP contribution in [-0.2, 0) is 9.53 Å². The number of carbonyl (C=O) groups is 1. The van der Waals surface area contributed by atoms with Crippen molar-refractivity contribution in [3.05, 3.63) is 0 Å². The minimum Gasteiger partial charge on any atom is -0.381 e. The molecule has 0 aromatic carbocycles. The van der Waals surface area contributed by atoms with Gasteiger partial charge in [-0.1, -0.05) is 0 Å². The van der Waals surface area contributed by atoms with E-state index in [1.54, 1.807) is 0 Å². The second-order valence-corrected chi connectivity index (χ2v) is 6.31. The highest BCUT2D eigenvalue weighted by atomic mass is 19.4. The summed E-state index contributed by atoms with van der Waals surface area (Å²) in [6, 6.07) is 0. The van der Waals surface area contributed by atoms with Crippen molar-refractivity contribution in [3.8, 4) is 0 Å². The molecule has 2 rings (SSSR count). The molecule has 2 fully saturated rings. The first kappa shape index (κ1) is 17.5. The van der Waals surface area contributed by atoms with Crippen LogP contribution in [0.2, 0.25) is 0 Å². The summed E-state index contributed by atoms with van der Waals surface area (Å²) in [6.07, 6.45) is -2.29. The first-order chi connectivity index (χ1) is 10.3. The fourth-order valence-corrected chi connectivity index (χ4v) is 3.19. The van der Waals surface area contributed by atoms with Gasteiger partial charge in [-0.15, -0.1) is 0 Å². The average molecular weight is 323 g/mol. The number of halogens is 3. The van der Waals surface area contributed by atoms with Crippen molar-refractivity contribution in [1.82, 2.24) is 10.2 Å². The Labute approximate surface area is 128 Å². The Kier molecular flexibility index (Phi) is 5.68. The highest BCUT2D eigenvalue weighted by Gasteiger charge is 2.39. The number of hydrogen-bond acceptors (Lipinski definition) is 4. The van der Waals surface area contributed by atoms with Gasteiger partial charge in [0.1, 0.15) is 0 Å². The van der Waals surface area contributed by atoms with Crippen LogP contribution in [0.4, 0.5) is 13.2 Å². The topological polar surface area (TPSA) is 67.6 Å². The van der Waals surface area contributed by atoms with Gasteiger partial charge in [-0.05, 0) is 31.7 Å². The molecule has 0 aromatic heterocycles. The molecule has 1 amide bonds. The first-order valence-electron chi connectivity index (χ1n) is 7.70. The lowest BCUT2D eigenvalue weighted by Gasteiger charge is -2.34. The van der Waals surface area contributed by atoms with Crippen molar-refractivity contribution in [3.63, 3.8) is 0 Å². The maximum absolute atomic E-state index is 12.4. The number of rotatable bonds is 5. The van der Waals surface area contributed by atoms with E-state index in [9.17, 15) is 18.0 Å². The molecule has 5 nitrogen and oxygen atoms in total. The van der Waals surface area contributed by atoms with Crippen molar-refractivity contribution in [1.29, 1.82) is 0 Å². The SMILES string of the molecule is NCC1(C(=O)NCC2CCN(CC(F)(F)F)C2)CCOCC1. The van der Waals surface area contributed by atoms with E-state index in [1.165, 1.54) is 4.90 Å². The standard InChI is InChI=1S/C14H24F3N3O2/c15-14(16,17)10-20-4-1-11(8-20)7-19-12(21)13(9-18)2-5-22-6-3-13/h11H,1-10,18H2,(H,19,21). The van der Waals surface area contributed by atoms with Crippen LogP contribution in [0.1, 0.15) is 19.3 Å². The van der Waals surface area contributed by atoms with Gasteiger partial charge in [-0.25, -0.2) is 0 Å². The highest BCUT2D eigenvalue weighted by Crippen LogP contribution is 2.30. The molecule has 0 aliphatic carbocycles. The van der Waals surface area contributed by atoms with Gasteiger partial charge in [0.2, 0.25) is 5.91 Å². The van der Waals surface area contributed by atoms with Gasteiger partial charge >= 0.3 is 6.18 Å². The van der Waals surface area contributed by atoms with Crippen molar-refractivity contribution in [2.45, 2.75) is 25.4 Å². The van der Waals surface area contributed by atoms with Gasteiger partial charge in [0.05, 0.1) is 12.0 Å². The zero-order chi connectivity index (χ0) is 16.2. The van der Waals surface area contributed by atoms with E-state index in [1.807, 2.05) is 0 Å². The van der Waals surface area contributed by atoms with E-state index in [2.05, 4.69) is 5.32 Å². The van der Waals surface area contributed by atoms with Crippen LogP contribution >= 0.6 is 0 Å². The molecule has 2 saturated heterocycles. The van der Waals surface area contributed by atoms with E-state index in [0.717, 1.165) is 0 Å². The predicted octanol–water partition coefficient (Wildman–Crippen LogP) is 0.742. The van der Waals surface area contributed by atoms with E-state index in [4.69, 9.17) is 10.5 Å². The molecule has 128 valence electrons. The first-order valence-corrected chi connectivity index (χ1v) is 7.70. The number of likely N-dealkylation sites (tertiary alicyclic amines) is 1. The lowest BCUT2D eigenvalue weighted by Crippen LogP contribution is -2.50. The van der Waals surface area contributed by atoms with Crippen molar-refractivity contribution in [2.24, 2.45) is 17.1 Å². The van der Waals surface area contributed by atoms with Gasteiger partial charge in [0.25, 0.3) is 0 Å². The third kappa shape index (κ3) is 4.57. The summed E-state index contributed by atoms with van der Waals surface area (Å²) in [5.41, 5.74) is 5.18. The minimum absolute atomic E-state index is 0.0703. The van der Waals surface area contributed by atoms with E-state index in [0.29, 0.717) is 52.1 Å². The van der Waals surface area contributed by atoms with Gasteiger partial charge in [0, 0.05) is 32.8 Å².